The fourth-order valence-corrected chi connectivity index (χ4v) is 2.39. The zero-order chi connectivity index (χ0) is 13.6. The van der Waals surface area contributed by atoms with E-state index in [2.05, 4.69) is 10.1 Å². The molecule has 4 nitrogen and oxygen atoms in total. The number of nitrogens with zero attached hydrogens (tertiary/aromatic N) is 3. The van der Waals surface area contributed by atoms with Gasteiger partial charge in [0.2, 0.25) is 0 Å². The lowest BCUT2D eigenvalue weighted by Crippen LogP contribution is -2.01. The number of anilines is 1. The van der Waals surface area contributed by atoms with Crippen molar-refractivity contribution in [3.63, 3.8) is 0 Å². The maximum absolute atomic E-state index is 6.13. The first-order chi connectivity index (χ1) is 9.08. The van der Waals surface area contributed by atoms with E-state index < -0.39 is 0 Å². The highest BCUT2D eigenvalue weighted by atomic mass is 35.5. The minimum atomic E-state index is 0.261. The van der Waals surface area contributed by atoms with Crippen LogP contribution in [-0.4, -0.2) is 14.8 Å². The van der Waals surface area contributed by atoms with Crippen LogP contribution in [0.4, 0.5) is 5.69 Å². The zero-order valence-electron chi connectivity index (χ0n) is 9.44. The third-order valence-electron chi connectivity index (χ3n) is 2.70. The van der Waals surface area contributed by atoms with Gasteiger partial charge in [-0.25, -0.2) is 9.67 Å². The van der Waals surface area contributed by atoms with Gasteiger partial charge in [0.1, 0.15) is 5.02 Å². The second-order valence-corrected chi connectivity index (χ2v) is 5.10. The van der Waals surface area contributed by atoms with Crippen LogP contribution in [0.1, 0.15) is 0 Å². The molecule has 0 saturated carbocycles. The molecular weight excluding hydrogens is 307 g/mol. The van der Waals surface area contributed by atoms with Crippen molar-refractivity contribution in [1.82, 2.24) is 14.8 Å². The summed E-state index contributed by atoms with van der Waals surface area (Å²) >= 11 is 18.1. The van der Waals surface area contributed by atoms with Crippen LogP contribution in [0.3, 0.4) is 0 Å². The van der Waals surface area contributed by atoms with Gasteiger partial charge < -0.3 is 5.73 Å². The molecule has 0 spiro atoms. The monoisotopic (exact) mass is 312 g/mol. The molecule has 0 aliphatic heterocycles. The molecule has 0 aliphatic rings. The second-order valence-electron chi connectivity index (χ2n) is 3.90. The summed E-state index contributed by atoms with van der Waals surface area (Å²) in [5.74, 6) is 0.413. The lowest BCUT2D eigenvalue weighted by atomic mass is 10.3. The first-order valence-electron chi connectivity index (χ1n) is 5.31. The van der Waals surface area contributed by atoms with Crippen LogP contribution in [0.15, 0.2) is 30.6 Å². The van der Waals surface area contributed by atoms with Crippen molar-refractivity contribution in [2.24, 2.45) is 0 Å². The average Bonchev–Trinajstić information content (AvgIpc) is 2.81. The molecule has 0 unspecified atom stereocenters. The number of benzene rings is 1. The van der Waals surface area contributed by atoms with Gasteiger partial charge in [0.05, 0.1) is 27.4 Å². The smallest absolute Gasteiger partial charge is 0.174 e. The maximum Gasteiger partial charge on any atom is 0.174 e. The van der Waals surface area contributed by atoms with Crippen LogP contribution >= 0.6 is 34.8 Å². The van der Waals surface area contributed by atoms with Gasteiger partial charge in [-0.1, -0.05) is 40.9 Å². The summed E-state index contributed by atoms with van der Waals surface area (Å²) in [6.45, 7) is 0. The SMILES string of the molecule is Nc1c(Cl)cnc(-n2cc3c(Cl)cccc3n2)c1Cl. The fourth-order valence-electron chi connectivity index (χ4n) is 1.75. The molecule has 0 atom stereocenters. The largest absolute Gasteiger partial charge is 0.396 e. The number of nitrogen functional groups attached to an aromatic ring is 1. The van der Waals surface area contributed by atoms with Gasteiger partial charge in [-0.2, -0.15) is 5.10 Å². The van der Waals surface area contributed by atoms with Crippen LogP contribution in [0.25, 0.3) is 16.7 Å². The Morgan fingerprint density at radius 1 is 1.11 bits per heavy atom. The number of halogens is 3. The Bertz CT molecular complexity index is 782. The summed E-state index contributed by atoms with van der Waals surface area (Å²) in [4.78, 5) is 4.15. The molecule has 7 heteroatoms. The van der Waals surface area contributed by atoms with E-state index >= 15 is 0 Å². The van der Waals surface area contributed by atoms with Crippen molar-refractivity contribution in [3.05, 3.63) is 45.7 Å². The molecule has 0 aliphatic carbocycles. The summed E-state index contributed by atoms with van der Waals surface area (Å²) in [6.07, 6.45) is 3.19. The molecule has 1 aromatic carbocycles. The first-order valence-corrected chi connectivity index (χ1v) is 6.45. The number of hydrogen-bond acceptors (Lipinski definition) is 3. The standard InChI is InChI=1S/C12H7Cl3N4/c13-7-2-1-3-9-6(7)5-19(18-9)12-10(15)11(16)8(14)4-17-12/h1-5H,(H2,16,17). The predicted octanol–water partition coefficient (Wildman–Crippen LogP) is 3.96. The molecule has 19 heavy (non-hydrogen) atoms. The molecule has 3 aromatic rings. The van der Waals surface area contributed by atoms with E-state index in [1.807, 2.05) is 12.1 Å². The maximum atomic E-state index is 6.13. The summed E-state index contributed by atoms with van der Waals surface area (Å²) in [5.41, 5.74) is 6.80. The number of rotatable bonds is 1. The Labute approximate surface area is 123 Å². The Kier molecular flexibility index (Phi) is 3.01. The van der Waals surface area contributed by atoms with E-state index in [-0.39, 0.29) is 10.7 Å². The summed E-state index contributed by atoms with van der Waals surface area (Å²) in [6, 6.07) is 5.47. The molecule has 2 aromatic heterocycles. The van der Waals surface area contributed by atoms with Gasteiger partial charge in [0.25, 0.3) is 0 Å². The Morgan fingerprint density at radius 3 is 2.63 bits per heavy atom. The van der Waals surface area contributed by atoms with Crippen LogP contribution in [0.5, 0.6) is 0 Å². The normalized spacial score (nSPS) is 11.1. The van der Waals surface area contributed by atoms with E-state index in [1.54, 1.807) is 12.3 Å². The predicted molar refractivity (Wildman–Crippen MR) is 78.3 cm³/mol. The lowest BCUT2D eigenvalue weighted by Gasteiger charge is -2.06. The molecule has 2 N–H and O–H groups in total. The van der Waals surface area contributed by atoms with Crippen molar-refractivity contribution in [1.29, 1.82) is 0 Å². The van der Waals surface area contributed by atoms with E-state index in [9.17, 15) is 0 Å². The molecule has 0 bridgehead atoms. The quantitative estimate of drug-likeness (QED) is 0.739. The Balaban J connectivity index is 2.25. The fraction of sp³-hybridized carbons (Fsp3) is 0. The van der Waals surface area contributed by atoms with E-state index in [1.165, 1.54) is 10.9 Å². The number of pyridine rings is 1. The second kappa shape index (κ2) is 4.56. The highest BCUT2D eigenvalue weighted by molar-refractivity contribution is 6.39. The minimum Gasteiger partial charge on any atom is -0.396 e. The van der Waals surface area contributed by atoms with Crippen molar-refractivity contribution in [2.75, 3.05) is 5.73 Å². The molecule has 0 radical (unpaired) electrons. The first kappa shape index (κ1) is 12.5. The lowest BCUT2D eigenvalue weighted by molar-refractivity contribution is 0.861. The molecular formula is C12H7Cl3N4. The third-order valence-corrected chi connectivity index (χ3v) is 3.71. The topological polar surface area (TPSA) is 56.7 Å². The Morgan fingerprint density at radius 2 is 1.89 bits per heavy atom. The molecule has 0 amide bonds. The van der Waals surface area contributed by atoms with Gasteiger partial charge in [-0.3, -0.25) is 0 Å². The number of nitrogens with two attached hydrogens (primary N) is 1. The Hall–Kier alpha value is -1.49. The van der Waals surface area contributed by atoms with Crippen LogP contribution in [-0.2, 0) is 0 Å². The van der Waals surface area contributed by atoms with Crippen molar-refractivity contribution >= 4 is 51.4 Å². The zero-order valence-corrected chi connectivity index (χ0v) is 11.7. The summed E-state index contributed by atoms with van der Waals surface area (Å²) < 4.78 is 1.53. The van der Waals surface area contributed by atoms with E-state index in [0.717, 1.165) is 10.9 Å². The van der Waals surface area contributed by atoms with E-state index in [0.29, 0.717) is 15.9 Å². The van der Waals surface area contributed by atoms with E-state index in [4.69, 9.17) is 40.5 Å². The number of fused-ring (bicyclic) bond motifs is 1. The van der Waals surface area contributed by atoms with Crippen LogP contribution < -0.4 is 5.73 Å². The highest BCUT2D eigenvalue weighted by Gasteiger charge is 2.13. The van der Waals surface area contributed by atoms with Crippen molar-refractivity contribution < 1.29 is 0 Å². The van der Waals surface area contributed by atoms with Gasteiger partial charge >= 0.3 is 0 Å². The molecule has 2 heterocycles. The summed E-state index contributed by atoms with van der Waals surface area (Å²) in [5, 5.41) is 6.36. The van der Waals surface area contributed by atoms with Gasteiger partial charge in [0, 0.05) is 11.6 Å². The molecule has 96 valence electrons. The molecule has 0 saturated heterocycles. The highest BCUT2D eigenvalue weighted by Crippen LogP contribution is 2.31. The number of aromatic nitrogens is 3. The van der Waals surface area contributed by atoms with Gasteiger partial charge in [-0.15, -0.1) is 0 Å². The third kappa shape index (κ3) is 2.02. The van der Waals surface area contributed by atoms with Gasteiger partial charge in [0.15, 0.2) is 5.82 Å². The summed E-state index contributed by atoms with van der Waals surface area (Å²) in [7, 11) is 0. The van der Waals surface area contributed by atoms with Crippen molar-refractivity contribution in [2.45, 2.75) is 0 Å². The minimum absolute atomic E-state index is 0.261. The molecule has 3 rings (SSSR count). The molecule has 0 fully saturated rings. The van der Waals surface area contributed by atoms with Crippen LogP contribution in [0.2, 0.25) is 15.1 Å². The average molecular weight is 314 g/mol. The van der Waals surface area contributed by atoms with Crippen molar-refractivity contribution in [3.8, 4) is 5.82 Å². The van der Waals surface area contributed by atoms with Crippen LogP contribution in [0, 0.1) is 0 Å². The van der Waals surface area contributed by atoms with Gasteiger partial charge in [-0.05, 0) is 12.1 Å². The number of hydrogen-bond donors (Lipinski definition) is 1.